The van der Waals surface area contributed by atoms with Gasteiger partial charge < -0.3 is 4.42 Å². The van der Waals surface area contributed by atoms with E-state index in [1.54, 1.807) is 42.5 Å². The smallest absolute Gasteiger partial charge is 0.263 e. The van der Waals surface area contributed by atoms with Crippen molar-refractivity contribution in [2.75, 3.05) is 0 Å². The summed E-state index contributed by atoms with van der Waals surface area (Å²) in [5, 5.41) is 12.5. The first-order valence-corrected chi connectivity index (χ1v) is 6.90. The number of aromatic nitrogens is 4. The molecule has 112 valence electrons. The van der Waals surface area contributed by atoms with Gasteiger partial charge in [-0.2, -0.15) is 0 Å². The van der Waals surface area contributed by atoms with Crippen LogP contribution in [0.3, 0.4) is 0 Å². The van der Waals surface area contributed by atoms with Crippen molar-refractivity contribution in [3.05, 3.63) is 52.7 Å². The topological polar surface area (TPSA) is 90.9 Å². The van der Waals surface area contributed by atoms with E-state index in [0.29, 0.717) is 27.5 Å². The number of hydrogen-bond acceptors (Lipinski definition) is 6. The molecule has 23 heavy (non-hydrogen) atoms. The molecule has 0 saturated heterocycles. The molecule has 4 rings (SSSR count). The fraction of sp³-hybridized carbons (Fsp3) is 0.0625. The molecule has 0 radical (unpaired) electrons. The molecule has 0 atom stereocenters. The van der Waals surface area contributed by atoms with E-state index in [4.69, 9.17) is 4.42 Å². The Morgan fingerprint density at radius 3 is 2.65 bits per heavy atom. The van der Waals surface area contributed by atoms with E-state index in [1.165, 1.54) is 6.92 Å². The molecule has 0 fully saturated rings. The lowest BCUT2D eigenvalue weighted by Gasteiger charge is -2.02. The minimum absolute atomic E-state index is 0.0891. The van der Waals surface area contributed by atoms with Gasteiger partial charge in [0, 0.05) is 12.5 Å². The molecule has 4 aromatic rings. The molecule has 0 amide bonds. The number of tetrazole rings is 1. The van der Waals surface area contributed by atoms with E-state index in [9.17, 15) is 9.59 Å². The standard InChI is InChI=1S/C16H10N4O3/c1-9(21)20-18-16(17-19-20)10-6-7-12-14(8-10)23-13-5-3-2-4-11(13)15(12)22/h2-8H,1H3. The van der Waals surface area contributed by atoms with Crippen LogP contribution in [0.1, 0.15) is 11.7 Å². The first kappa shape index (κ1) is 13.3. The molecule has 0 aliphatic carbocycles. The van der Waals surface area contributed by atoms with Crippen LogP contribution in [0.4, 0.5) is 0 Å². The van der Waals surface area contributed by atoms with Crippen LogP contribution >= 0.6 is 0 Å². The number of carbonyl (C=O) groups excluding carboxylic acids is 1. The monoisotopic (exact) mass is 306 g/mol. The Hall–Kier alpha value is -3.35. The molecule has 0 spiro atoms. The molecule has 2 heterocycles. The SMILES string of the molecule is CC(=O)n1nnc(-c2ccc3c(=O)c4ccccc4oc3c2)n1. The Kier molecular flexibility index (Phi) is 2.80. The molecule has 7 nitrogen and oxygen atoms in total. The quantitative estimate of drug-likeness (QED) is 0.501. The van der Waals surface area contributed by atoms with Gasteiger partial charge in [0.1, 0.15) is 11.2 Å². The van der Waals surface area contributed by atoms with Gasteiger partial charge >= 0.3 is 0 Å². The average molecular weight is 306 g/mol. The zero-order valence-electron chi connectivity index (χ0n) is 12.1. The molecule has 2 aromatic carbocycles. The summed E-state index contributed by atoms with van der Waals surface area (Å²) < 4.78 is 5.79. The summed E-state index contributed by atoms with van der Waals surface area (Å²) >= 11 is 0. The highest BCUT2D eigenvalue weighted by Gasteiger charge is 2.12. The number of fused-ring (bicyclic) bond motifs is 2. The van der Waals surface area contributed by atoms with E-state index in [1.807, 2.05) is 0 Å². The molecule has 0 aliphatic rings. The van der Waals surface area contributed by atoms with Crippen LogP contribution in [0.2, 0.25) is 0 Å². The Morgan fingerprint density at radius 1 is 1.09 bits per heavy atom. The van der Waals surface area contributed by atoms with Crippen molar-refractivity contribution in [2.45, 2.75) is 6.92 Å². The van der Waals surface area contributed by atoms with Gasteiger partial charge in [-0.25, -0.2) is 0 Å². The molecule has 0 N–H and O–H groups in total. The number of hydrogen-bond donors (Lipinski definition) is 0. The molecule has 2 aromatic heterocycles. The van der Waals surface area contributed by atoms with Gasteiger partial charge in [-0.3, -0.25) is 9.59 Å². The predicted octanol–water partition coefficient (Wildman–Crippen LogP) is 2.26. The minimum Gasteiger partial charge on any atom is -0.456 e. The van der Waals surface area contributed by atoms with E-state index >= 15 is 0 Å². The maximum atomic E-state index is 12.5. The van der Waals surface area contributed by atoms with Crippen molar-refractivity contribution in [1.29, 1.82) is 0 Å². The van der Waals surface area contributed by atoms with Crippen molar-refractivity contribution < 1.29 is 9.21 Å². The maximum Gasteiger partial charge on any atom is 0.263 e. The van der Waals surface area contributed by atoms with Gasteiger partial charge in [0.25, 0.3) is 5.91 Å². The third-order valence-electron chi connectivity index (χ3n) is 3.53. The highest BCUT2D eigenvalue weighted by molar-refractivity contribution is 5.91. The zero-order chi connectivity index (χ0) is 16.0. The summed E-state index contributed by atoms with van der Waals surface area (Å²) in [6.07, 6.45) is 0. The van der Waals surface area contributed by atoms with Crippen molar-refractivity contribution >= 4 is 27.8 Å². The van der Waals surface area contributed by atoms with Crippen LogP contribution in [0.5, 0.6) is 0 Å². The molecular weight excluding hydrogens is 296 g/mol. The maximum absolute atomic E-state index is 12.5. The summed E-state index contributed by atoms with van der Waals surface area (Å²) in [6.45, 7) is 1.34. The lowest BCUT2D eigenvalue weighted by molar-refractivity contribution is 0.0901. The second kappa shape index (κ2) is 4.84. The molecular formula is C16H10N4O3. The van der Waals surface area contributed by atoms with Gasteiger partial charge in [0.15, 0.2) is 0 Å². The highest BCUT2D eigenvalue weighted by Crippen LogP contribution is 2.23. The molecule has 0 unspecified atom stereocenters. The van der Waals surface area contributed by atoms with Gasteiger partial charge in [-0.05, 0) is 29.5 Å². The fourth-order valence-electron chi connectivity index (χ4n) is 2.40. The van der Waals surface area contributed by atoms with Gasteiger partial charge in [-0.1, -0.05) is 23.0 Å². The summed E-state index contributed by atoms with van der Waals surface area (Å²) in [4.78, 5) is 24.6. The van der Waals surface area contributed by atoms with Crippen LogP contribution in [0, 0.1) is 0 Å². The van der Waals surface area contributed by atoms with Crippen molar-refractivity contribution in [3.63, 3.8) is 0 Å². The van der Waals surface area contributed by atoms with E-state index in [0.717, 1.165) is 4.80 Å². The fourth-order valence-corrected chi connectivity index (χ4v) is 2.40. The molecule has 0 bridgehead atoms. The third kappa shape index (κ3) is 2.10. The Morgan fingerprint density at radius 2 is 1.87 bits per heavy atom. The van der Waals surface area contributed by atoms with Crippen molar-refractivity contribution in [2.24, 2.45) is 0 Å². The van der Waals surface area contributed by atoms with E-state index in [2.05, 4.69) is 15.4 Å². The van der Waals surface area contributed by atoms with Crippen LogP contribution in [0.15, 0.2) is 51.7 Å². The Labute approximate surface area is 129 Å². The lowest BCUT2D eigenvalue weighted by Crippen LogP contribution is -2.09. The number of carbonyl (C=O) groups is 1. The van der Waals surface area contributed by atoms with Crippen LogP contribution in [-0.2, 0) is 0 Å². The summed E-state index contributed by atoms with van der Waals surface area (Å²) in [6, 6.07) is 12.1. The van der Waals surface area contributed by atoms with E-state index in [-0.39, 0.29) is 17.2 Å². The van der Waals surface area contributed by atoms with Crippen LogP contribution < -0.4 is 5.43 Å². The van der Waals surface area contributed by atoms with Gasteiger partial charge in [-0.15, -0.1) is 10.2 Å². The second-order valence-corrected chi connectivity index (χ2v) is 5.06. The largest absolute Gasteiger partial charge is 0.456 e. The van der Waals surface area contributed by atoms with Crippen LogP contribution in [-0.4, -0.2) is 26.1 Å². The number of para-hydroxylation sites is 1. The Balaban J connectivity index is 1.95. The lowest BCUT2D eigenvalue weighted by atomic mass is 10.1. The third-order valence-corrected chi connectivity index (χ3v) is 3.53. The number of nitrogens with zero attached hydrogens (tertiary/aromatic N) is 4. The molecule has 0 saturated carbocycles. The van der Waals surface area contributed by atoms with Gasteiger partial charge in [0.2, 0.25) is 11.3 Å². The summed E-state index contributed by atoms with van der Waals surface area (Å²) in [5.74, 6) is -0.0417. The zero-order valence-corrected chi connectivity index (χ0v) is 12.1. The number of rotatable bonds is 1. The minimum atomic E-state index is -0.331. The summed E-state index contributed by atoms with van der Waals surface area (Å²) in [5.41, 5.74) is 1.48. The molecule has 0 aliphatic heterocycles. The van der Waals surface area contributed by atoms with Crippen molar-refractivity contribution in [3.8, 4) is 11.4 Å². The highest BCUT2D eigenvalue weighted by atomic mass is 16.3. The first-order chi connectivity index (χ1) is 11.1. The average Bonchev–Trinajstić information content (AvgIpc) is 3.05. The summed E-state index contributed by atoms with van der Waals surface area (Å²) in [7, 11) is 0. The second-order valence-electron chi connectivity index (χ2n) is 5.06. The van der Waals surface area contributed by atoms with E-state index < -0.39 is 0 Å². The predicted molar refractivity (Wildman–Crippen MR) is 83.1 cm³/mol. The van der Waals surface area contributed by atoms with Crippen molar-refractivity contribution in [1.82, 2.24) is 20.2 Å². The number of benzene rings is 2. The Bertz CT molecular complexity index is 1130. The van der Waals surface area contributed by atoms with Crippen LogP contribution in [0.25, 0.3) is 33.3 Å². The first-order valence-electron chi connectivity index (χ1n) is 6.90. The normalized spacial score (nSPS) is 11.2. The molecule has 7 heteroatoms. The van der Waals surface area contributed by atoms with Gasteiger partial charge in [0.05, 0.1) is 10.8 Å².